The third kappa shape index (κ3) is 2.18. The van der Waals surface area contributed by atoms with Crippen LogP contribution in [0.25, 0.3) is 16.9 Å². The Balaban J connectivity index is 1.80. The molecule has 122 valence electrons. The van der Waals surface area contributed by atoms with Gasteiger partial charge in [-0.05, 0) is 44.1 Å². The second-order valence-corrected chi connectivity index (χ2v) is 7.26. The van der Waals surface area contributed by atoms with Gasteiger partial charge in [-0.3, -0.25) is 4.79 Å². The van der Waals surface area contributed by atoms with Crippen LogP contribution in [0.1, 0.15) is 43.3 Å². The monoisotopic (exact) mass is 339 g/mol. The summed E-state index contributed by atoms with van der Waals surface area (Å²) in [6.07, 6.45) is 8.06. The quantitative estimate of drug-likeness (QED) is 0.540. The highest BCUT2D eigenvalue weighted by atomic mass is 32.2. The lowest BCUT2D eigenvalue weighted by molar-refractivity contribution is 0.551. The van der Waals surface area contributed by atoms with Crippen molar-refractivity contribution in [2.24, 2.45) is 0 Å². The van der Waals surface area contributed by atoms with Crippen molar-refractivity contribution < 1.29 is 0 Å². The molecule has 0 saturated heterocycles. The number of aromatic nitrogens is 5. The summed E-state index contributed by atoms with van der Waals surface area (Å²) in [6.45, 7) is 0. The van der Waals surface area contributed by atoms with E-state index in [4.69, 9.17) is 4.98 Å². The molecule has 0 amide bonds. The summed E-state index contributed by atoms with van der Waals surface area (Å²) in [5.41, 5.74) is 1.76. The maximum atomic E-state index is 12.9. The Morgan fingerprint density at radius 2 is 2.00 bits per heavy atom. The van der Waals surface area contributed by atoms with Crippen molar-refractivity contribution in [1.82, 2.24) is 24.3 Å². The van der Waals surface area contributed by atoms with Gasteiger partial charge in [-0.25, -0.2) is 24.3 Å². The molecule has 2 aliphatic carbocycles. The molecular formula is C17H17N5OS. The Morgan fingerprint density at radius 3 is 2.71 bits per heavy atom. The van der Waals surface area contributed by atoms with Crippen LogP contribution in [0.5, 0.6) is 0 Å². The highest BCUT2D eigenvalue weighted by Crippen LogP contribution is 2.39. The van der Waals surface area contributed by atoms with Gasteiger partial charge < -0.3 is 0 Å². The van der Waals surface area contributed by atoms with Crippen LogP contribution in [-0.2, 0) is 0 Å². The number of hydrogen-bond acceptors (Lipinski definition) is 5. The van der Waals surface area contributed by atoms with Gasteiger partial charge >= 0.3 is 0 Å². The molecule has 0 unspecified atom stereocenters. The molecule has 7 heteroatoms. The van der Waals surface area contributed by atoms with Gasteiger partial charge in [0.25, 0.3) is 5.56 Å². The number of pyridine rings is 1. The maximum absolute atomic E-state index is 12.9. The number of nitrogens with zero attached hydrogens (tertiary/aromatic N) is 5. The summed E-state index contributed by atoms with van der Waals surface area (Å²) in [4.78, 5) is 26.6. The predicted molar refractivity (Wildman–Crippen MR) is 92.9 cm³/mol. The van der Waals surface area contributed by atoms with Crippen molar-refractivity contribution in [3.05, 3.63) is 40.4 Å². The molecule has 0 spiro atoms. The van der Waals surface area contributed by atoms with E-state index in [0.29, 0.717) is 22.1 Å². The zero-order chi connectivity index (χ0) is 16.3. The molecule has 0 radical (unpaired) electrons. The number of fused-ring (bicyclic) bond motifs is 1. The molecule has 0 atom stereocenters. The average Bonchev–Trinajstić information content (AvgIpc) is 3.52. The Bertz CT molecular complexity index is 1000. The lowest BCUT2D eigenvalue weighted by Crippen LogP contribution is -2.21. The fraction of sp³-hybridized carbons (Fsp3) is 0.412. The molecule has 0 aromatic carbocycles. The molecule has 0 aliphatic heterocycles. The highest BCUT2D eigenvalue weighted by molar-refractivity contribution is 7.98. The van der Waals surface area contributed by atoms with Crippen molar-refractivity contribution in [3.63, 3.8) is 0 Å². The topological polar surface area (TPSA) is 65.6 Å². The molecular weight excluding hydrogens is 322 g/mol. The molecule has 0 bridgehead atoms. The molecule has 2 saturated carbocycles. The summed E-state index contributed by atoms with van der Waals surface area (Å²) in [5.74, 6) is 1.36. The summed E-state index contributed by atoms with van der Waals surface area (Å²) in [5, 5.41) is 1.24. The van der Waals surface area contributed by atoms with Gasteiger partial charge in [0.2, 0.25) is 0 Å². The van der Waals surface area contributed by atoms with Crippen molar-refractivity contribution in [3.8, 4) is 5.82 Å². The third-order valence-corrected chi connectivity index (χ3v) is 5.21. The number of thioether (sulfide) groups is 1. The SMILES string of the molecule is CSc1ncc2c(=O)n(C3CC3)n(-c3cccc(C4CC4)n3)c2n1. The first-order valence-corrected chi connectivity index (χ1v) is 9.50. The van der Waals surface area contributed by atoms with E-state index in [1.807, 2.05) is 27.8 Å². The summed E-state index contributed by atoms with van der Waals surface area (Å²) in [7, 11) is 0. The zero-order valence-corrected chi connectivity index (χ0v) is 14.2. The van der Waals surface area contributed by atoms with Crippen LogP contribution < -0.4 is 5.56 Å². The second kappa shape index (κ2) is 5.17. The van der Waals surface area contributed by atoms with Crippen LogP contribution in [0, 0.1) is 0 Å². The first kappa shape index (κ1) is 14.2. The van der Waals surface area contributed by atoms with Gasteiger partial charge in [0.15, 0.2) is 16.6 Å². The van der Waals surface area contributed by atoms with E-state index in [1.54, 1.807) is 6.20 Å². The number of hydrogen-bond donors (Lipinski definition) is 0. The van der Waals surface area contributed by atoms with Crippen LogP contribution in [0.15, 0.2) is 34.3 Å². The molecule has 3 heterocycles. The minimum atomic E-state index is -0.0150. The van der Waals surface area contributed by atoms with E-state index in [9.17, 15) is 4.79 Å². The van der Waals surface area contributed by atoms with Crippen molar-refractivity contribution >= 4 is 22.8 Å². The van der Waals surface area contributed by atoms with Crippen LogP contribution in [0.2, 0.25) is 0 Å². The van der Waals surface area contributed by atoms with Crippen molar-refractivity contribution in [2.45, 2.75) is 42.8 Å². The van der Waals surface area contributed by atoms with Gasteiger partial charge in [0.05, 0.1) is 6.04 Å². The summed E-state index contributed by atoms with van der Waals surface area (Å²) >= 11 is 1.48. The molecule has 24 heavy (non-hydrogen) atoms. The highest BCUT2D eigenvalue weighted by Gasteiger charge is 2.31. The largest absolute Gasteiger partial charge is 0.278 e. The normalized spacial score (nSPS) is 17.5. The molecule has 3 aromatic rings. The number of rotatable bonds is 4. The fourth-order valence-electron chi connectivity index (χ4n) is 3.12. The molecule has 6 nitrogen and oxygen atoms in total. The Labute approximate surface area is 142 Å². The first-order valence-electron chi connectivity index (χ1n) is 8.28. The van der Waals surface area contributed by atoms with Crippen LogP contribution in [0.4, 0.5) is 0 Å². The first-order chi connectivity index (χ1) is 11.8. The van der Waals surface area contributed by atoms with Crippen LogP contribution in [-0.4, -0.2) is 30.6 Å². The summed E-state index contributed by atoms with van der Waals surface area (Å²) < 4.78 is 3.73. The Hall–Kier alpha value is -2.15. The molecule has 3 aromatic heterocycles. The molecule has 0 N–H and O–H groups in total. The minimum absolute atomic E-state index is 0.0150. The zero-order valence-electron chi connectivity index (χ0n) is 13.3. The van der Waals surface area contributed by atoms with Gasteiger partial charge in [-0.15, -0.1) is 0 Å². The lowest BCUT2D eigenvalue weighted by Gasteiger charge is -2.11. The van der Waals surface area contributed by atoms with E-state index < -0.39 is 0 Å². The Kier molecular flexibility index (Phi) is 3.06. The van der Waals surface area contributed by atoms with Crippen LogP contribution in [0.3, 0.4) is 0 Å². The van der Waals surface area contributed by atoms with Crippen molar-refractivity contribution in [2.75, 3.05) is 6.26 Å². The van der Waals surface area contributed by atoms with Gasteiger partial charge in [-0.1, -0.05) is 17.8 Å². The summed E-state index contributed by atoms with van der Waals surface area (Å²) in [6, 6.07) is 6.32. The predicted octanol–water partition coefficient (Wildman–Crippen LogP) is 2.91. The van der Waals surface area contributed by atoms with E-state index in [2.05, 4.69) is 16.0 Å². The van der Waals surface area contributed by atoms with Gasteiger partial charge in [0.1, 0.15) is 5.39 Å². The van der Waals surface area contributed by atoms with Gasteiger partial charge in [0, 0.05) is 17.8 Å². The average molecular weight is 339 g/mol. The maximum Gasteiger partial charge on any atom is 0.278 e. The molecule has 5 rings (SSSR count). The second-order valence-electron chi connectivity index (χ2n) is 6.48. The van der Waals surface area contributed by atoms with E-state index in [1.165, 1.54) is 24.6 Å². The molecule has 2 aliphatic rings. The minimum Gasteiger partial charge on any atom is -0.267 e. The van der Waals surface area contributed by atoms with E-state index in [0.717, 1.165) is 24.4 Å². The van der Waals surface area contributed by atoms with Gasteiger partial charge in [-0.2, -0.15) is 0 Å². The smallest absolute Gasteiger partial charge is 0.267 e. The standard InChI is InChI=1S/C17H17N5OS/c1-24-17-18-9-12-15(20-17)22(21(16(12)23)11-7-8-11)14-4-2-3-13(19-14)10-5-6-10/h2-4,9-11H,5-8H2,1H3. The Morgan fingerprint density at radius 1 is 1.17 bits per heavy atom. The lowest BCUT2D eigenvalue weighted by atomic mass is 10.2. The van der Waals surface area contributed by atoms with Crippen molar-refractivity contribution in [1.29, 1.82) is 0 Å². The van der Waals surface area contributed by atoms with E-state index >= 15 is 0 Å². The third-order valence-electron chi connectivity index (χ3n) is 4.65. The van der Waals surface area contributed by atoms with E-state index in [-0.39, 0.29) is 11.6 Å². The fourth-order valence-corrected chi connectivity index (χ4v) is 3.45. The van der Waals surface area contributed by atoms with Crippen LogP contribution >= 0.6 is 11.8 Å². The molecule has 2 fully saturated rings.